The number of nitrogens with one attached hydrogen (secondary N) is 1. The largest absolute Gasteiger partial charge is 0.392 e. The number of carbonyl (C=O) groups is 2. The molecule has 0 spiro atoms. The molecule has 1 aromatic carbocycles. The van der Waals surface area contributed by atoms with Crippen LogP contribution in [-0.4, -0.2) is 29.9 Å². The highest BCUT2D eigenvalue weighted by atomic mass is 19.4. The van der Waals surface area contributed by atoms with Crippen molar-refractivity contribution >= 4 is 17.5 Å². The lowest BCUT2D eigenvalue weighted by molar-refractivity contribution is -0.197. The van der Waals surface area contributed by atoms with E-state index >= 15 is 0 Å². The molecule has 0 aliphatic heterocycles. The van der Waals surface area contributed by atoms with Gasteiger partial charge in [0.25, 0.3) is 0 Å². The van der Waals surface area contributed by atoms with Gasteiger partial charge in [-0.1, -0.05) is 25.0 Å². The van der Waals surface area contributed by atoms with Gasteiger partial charge in [-0.05, 0) is 30.5 Å². The highest BCUT2D eigenvalue weighted by Crippen LogP contribution is 2.41. The van der Waals surface area contributed by atoms with Gasteiger partial charge in [0.15, 0.2) is 0 Å². The molecule has 0 aromatic heterocycles. The Labute approximate surface area is 145 Å². The summed E-state index contributed by atoms with van der Waals surface area (Å²) in [6, 6.07) is 6.83. The third-order valence-corrected chi connectivity index (χ3v) is 4.67. The SMILES string of the molecule is CC(=O)N(C)Cc1cccc(NC(=O)[C@@H]2CCCC[C@@H]2C(F)(F)F)c1. The van der Waals surface area contributed by atoms with Crippen molar-refractivity contribution in [2.24, 2.45) is 11.8 Å². The van der Waals surface area contributed by atoms with Crippen LogP contribution in [0.2, 0.25) is 0 Å². The molecule has 0 saturated heterocycles. The quantitative estimate of drug-likeness (QED) is 0.887. The van der Waals surface area contributed by atoms with Crippen molar-refractivity contribution in [2.75, 3.05) is 12.4 Å². The number of nitrogens with zero attached hydrogens (tertiary/aromatic N) is 1. The fourth-order valence-electron chi connectivity index (χ4n) is 3.20. The maximum Gasteiger partial charge on any atom is 0.392 e. The van der Waals surface area contributed by atoms with Gasteiger partial charge in [0, 0.05) is 32.1 Å². The first-order chi connectivity index (χ1) is 11.7. The minimum absolute atomic E-state index is 0.00499. The van der Waals surface area contributed by atoms with E-state index in [1.807, 2.05) is 0 Å². The molecular weight excluding hydrogens is 333 g/mol. The lowest BCUT2D eigenvalue weighted by atomic mass is 9.78. The van der Waals surface area contributed by atoms with Crippen LogP contribution >= 0.6 is 0 Å². The van der Waals surface area contributed by atoms with Gasteiger partial charge in [0.1, 0.15) is 0 Å². The van der Waals surface area contributed by atoms with Crippen LogP contribution < -0.4 is 5.32 Å². The molecule has 0 heterocycles. The lowest BCUT2D eigenvalue weighted by Crippen LogP contribution is -2.39. The Kier molecular flexibility index (Phi) is 6.08. The molecule has 138 valence electrons. The smallest absolute Gasteiger partial charge is 0.342 e. The van der Waals surface area contributed by atoms with E-state index in [9.17, 15) is 22.8 Å². The first kappa shape index (κ1) is 19.3. The van der Waals surface area contributed by atoms with E-state index in [-0.39, 0.29) is 18.7 Å². The van der Waals surface area contributed by atoms with Crippen molar-refractivity contribution in [3.05, 3.63) is 29.8 Å². The van der Waals surface area contributed by atoms with Crippen LogP contribution in [0.5, 0.6) is 0 Å². The maximum atomic E-state index is 13.2. The molecule has 1 saturated carbocycles. The molecule has 1 aliphatic carbocycles. The zero-order valence-electron chi connectivity index (χ0n) is 14.4. The van der Waals surface area contributed by atoms with Crippen molar-refractivity contribution in [2.45, 2.75) is 45.3 Å². The summed E-state index contributed by atoms with van der Waals surface area (Å²) in [6.07, 6.45) is -2.96. The summed E-state index contributed by atoms with van der Waals surface area (Å²) >= 11 is 0. The minimum atomic E-state index is -4.35. The van der Waals surface area contributed by atoms with Crippen LogP contribution in [0.1, 0.15) is 38.2 Å². The number of halogens is 3. The Bertz CT molecular complexity index is 631. The van der Waals surface area contributed by atoms with E-state index in [1.165, 1.54) is 11.8 Å². The summed E-state index contributed by atoms with van der Waals surface area (Å²) in [5.41, 5.74) is 1.25. The van der Waals surface area contributed by atoms with Crippen molar-refractivity contribution in [1.82, 2.24) is 4.90 Å². The molecule has 0 unspecified atom stereocenters. The number of anilines is 1. The van der Waals surface area contributed by atoms with Crippen LogP contribution in [0.25, 0.3) is 0 Å². The molecule has 0 radical (unpaired) electrons. The van der Waals surface area contributed by atoms with Crippen LogP contribution in [-0.2, 0) is 16.1 Å². The Hall–Kier alpha value is -2.05. The van der Waals surface area contributed by atoms with Gasteiger partial charge < -0.3 is 10.2 Å². The molecule has 4 nitrogen and oxygen atoms in total. The molecular formula is C18H23F3N2O2. The summed E-state index contributed by atoms with van der Waals surface area (Å²) in [4.78, 5) is 25.2. The van der Waals surface area contributed by atoms with Crippen LogP contribution in [0, 0.1) is 11.8 Å². The van der Waals surface area contributed by atoms with Crippen molar-refractivity contribution in [3.8, 4) is 0 Å². The highest BCUT2D eigenvalue weighted by molar-refractivity contribution is 5.93. The molecule has 2 amide bonds. The fraction of sp³-hybridized carbons (Fsp3) is 0.556. The molecule has 1 fully saturated rings. The summed E-state index contributed by atoms with van der Waals surface area (Å²) in [6.45, 7) is 1.82. The molecule has 2 rings (SSSR count). The fourth-order valence-corrected chi connectivity index (χ4v) is 3.20. The second-order valence-corrected chi connectivity index (χ2v) is 6.60. The summed E-state index contributed by atoms with van der Waals surface area (Å²) in [7, 11) is 1.66. The highest BCUT2D eigenvalue weighted by Gasteiger charge is 2.48. The first-order valence-electron chi connectivity index (χ1n) is 8.36. The first-order valence-corrected chi connectivity index (χ1v) is 8.36. The monoisotopic (exact) mass is 356 g/mol. The van der Waals surface area contributed by atoms with Crippen molar-refractivity contribution < 1.29 is 22.8 Å². The second kappa shape index (κ2) is 7.89. The topological polar surface area (TPSA) is 49.4 Å². The number of alkyl halides is 3. The van der Waals surface area contributed by atoms with E-state index < -0.39 is 23.9 Å². The average molecular weight is 356 g/mol. The van der Waals surface area contributed by atoms with E-state index in [1.54, 1.807) is 31.3 Å². The van der Waals surface area contributed by atoms with Gasteiger partial charge >= 0.3 is 6.18 Å². The van der Waals surface area contributed by atoms with Gasteiger partial charge in [-0.25, -0.2) is 0 Å². The Morgan fingerprint density at radius 3 is 2.56 bits per heavy atom. The third-order valence-electron chi connectivity index (χ3n) is 4.67. The van der Waals surface area contributed by atoms with Crippen LogP contribution in [0.15, 0.2) is 24.3 Å². The lowest BCUT2D eigenvalue weighted by Gasteiger charge is -2.32. The van der Waals surface area contributed by atoms with Crippen molar-refractivity contribution in [1.29, 1.82) is 0 Å². The molecule has 2 atom stereocenters. The van der Waals surface area contributed by atoms with Crippen molar-refractivity contribution in [3.63, 3.8) is 0 Å². The Morgan fingerprint density at radius 2 is 1.92 bits per heavy atom. The Morgan fingerprint density at radius 1 is 1.24 bits per heavy atom. The van der Waals surface area contributed by atoms with E-state index in [0.29, 0.717) is 25.1 Å². The van der Waals surface area contributed by atoms with Gasteiger partial charge in [-0.15, -0.1) is 0 Å². The van der Waals surface area contributed by atoms with E-state index in [4.69, 9.17) is 0 Å². The summed E-state index contributed by atoms with van der Waals surface area (Å²) in [5.74, 6) is -3.30. The zero-order valence-corrected chi connectivity index (χ0v) is 14.4. The number of carbonyl (C=O) groups excluding carboxylic acids is 2. The zero-order chi connectivity index (χ0) is 18.6. The summed E-state index contributed by atoms with van der Waals surface area (Å²) in [5, 5.41) is 2.61. The number of hydrogen-bond donors (Lipinski definition) is 1. The maximum absolute atomic E-state index is 13.2. The molecule has 1 aliphatic rings. The van der Waals surface area contributed by atoms with Gasteiger partial charge in [-0.2, -0.15) is 13.2 Å². The van der Waals surface area contributed by atoms with Gasteiger partial charge in [-0.3, -0.25) is 9.59 Å². The third kappa shape index (κ3) is 5.21. The minimum Gasteiger partial charge on any atom is -0.342 e. The van der Waals surface area contributed by atoms with E-state index in [2.05, 4.69) is 5.32 Å². The predicted octanol–water partition coefficient (Wildman–Crippen LogP) is 3.97. The normalized spacial score (nSPS) is 20.8. The Balaban J connectivity index is 2.08. The molecule has 7 heteroatoms. The number of rotatable bonds is 4. The average Bonchev–Trinajstić information content (AvgIpc) is 2.54. The number of benzene rings is 1. The number of amides is 2. The second-order valence-electron chi connectivity index (χ2n) is 6.60. The van der Waals surface area contributed by atoms with Gasteiger partial charge in [0.2, 0.25) is 11.8 Å². The summed E-state index contributed by atoms with van der Waals surface area (Å²) < 4.78 is 39.5. The molecule has 0 bridgehead atoms. The standard InChI is InChI=1S/C18H23F3N2O2/c1-12(24)23(2)11-13-6-5-7-14(10-13)22-17(25)15-8-3-4-9-16(15)18(19,20)21/h5-7,10,15-16H,3-4,8-9,11H2,1-2H3,(H,22,25)/t15-,16+/m1/s1. The van der Waals surface area contributed by atoms with Crippen LogP contribution in [0.4, 0.5) is 18.9 Å². The number of hydrogen-bond acceptors (Lipinski definition) is 2. The predicted molar refractivity (Wildman–Crippen MR) is 88.7 cm³/mol. The molecule has 1 aromatic rings. The molecule has 1 N–H and O–H groups in total. The van der Waals surface area contributed by atoms with Crippen LogP contribution in [0.3, 0.4) is 0 Å². The van der Waals surface area contributed by atoms with Gasteiger partial charge in [0.05, 0.1) is 5.92 Å². The molecule has 25 heavy (non-hydrogen) atoms. The van der Waals surface area contributed by atoms with E-state index in [0.717, 1.165) is 5.56 Å².